The molecule has 1 aliphatic rings. The summed E-state index contributed by atoms with van der Waals surface area (Å²) in [5, 5.41) is 3.16. The van der Waals surface area contributed by atoms with Crippen molar-refractivity contribution in [3.05, 3.63) is 24.5 Å². The van der Waals surface area contributed by atoms with E-state index in [9.17, 15) is 4.79 Å². The zero-order chi connectivity index (χ0) is 12.8. The minimum Gasteiger partial charge on any atom is -0.352 e. The van der Waals surface area contributed by atoms with Gasteiger partial charge in [0.1, 0.15) is 0 Å². The number of thioether (sulfide) groups is 1. The number of pyridine rings is 1. The Balaban J connectivity index is 1.75. The monoisotopic (exact) mass is 264 g/mol. The molecule has 1 aliphatic carbocycles. The first-order valence-electron chi connectivity index (χ1n) is 6.58. The molecule has 1 aromatic heterocycles. The zero-order valence-electron chi connectivity index (χ0n) is 10.8. The number of carbonyl (C=O) groups is 1. The second-order valence-corrected chi connectivity index (χ2v) is 5.96. The van der Waals surface area contributed by atoms with Crippen LogP contribution in [0, 0.1) is 5.92 Å². The van der Waals surface area contributed by atoms with E-state index in [-0.39, 0.29) is 5.91 Å². The van der Waals surface area contributed by atoms with E-state index in [4.69, 9.17) is 0 Å². The Morgan fingerprint density at radius 3 is 2.83 bits per heavy atom. The number of amides is 1. The van der Waals surface area contributed by atoms with E-state index in [1.165, 1.54) is 19.3 Å². The van der Waals surface area contributed by atoms with Crippen molar-refractivity contribution in [1.29, 1.82) is 0 Å². The van der Waals surface area contributed by atoms with Crippen molar-refractivity contribution in [1.82, 2.24) is 10.3 Å². The van der Waals surface area contributed by atoms with Crippen LogP contribution in [0.3, 0.4) is 0 Å². The van der Waals surface area contributed by atoms with Crippen molar-refractivity contribution < 1.29 is 4.79 Å². The fourth-order valence-corrected chi connectivity index (χ4v) is 3.06. The molecule has 1 aromatic rings. The minimum absolute atomic E-state index is 0.149. The van der Waals surface area contributed by atoms with Crippen LogP contribution in [-0.4, -0.2) is 22.7 Å². The van der Waals surface area contributed by atoms with E-state index in [0.717, 1.165) is 11.3 Å². The Morgan fingerprint density at radius 1 is 1.39 bits per heavy atom. The van der Waals surface area contributed by atoms with E-state index in [0.29, 0.717) is 17.7 Å². The molecule has 1 fully saturated rings. The topological polar surface area (TPSA) is 42.0 Å². The molecule has 3 nitrogen and oxygen atoms in total. The van der Waals surface area contributed by atoms with Gasteiger partial charge in [-0.1, -0.05) is 19.8 Å². The van der Waals surface area contributed by atoms with E-state index in [2.05, 4.69) is 17.2 Å². The Morgan fingerprint density at radius 2 is 2.11 bits per heavy atom. The molecule has 0 aliphatic heterocycles. The van der Waals surface area contributed by atoms with Gasteiger partial charge in [-0.05, 0) is 30.9 Å². The van der Waals surface area contributed by atoms with Crippen LogP contribution in [0.25, 0.3) is 0 Å². The van der Waals surface area contributed by atoms with Gasteiger partial charge >= 0.3 is 0 Å². The van der Waals surface area contributed by atoms with Gasteiger partial charge in [0.25, 0.3) is 0 Å². The van der Waals surface area contributed by atoms with Crippen LogP contribution in [0.15, 0.2) is 29.4 Å². The molecule has 4 heteroatoms. The normalized spacial score (nSPS) is 23.6. The standard InChI is InChI=1S/C14H20N2OS/c1-11-4-2-3-5-13(11)16-14(17)10-18-12-6-8-15-9-7-12/h6-9,11,13H,2-5,10H2,1H3,(H,16,17). The fraction of sp³-hybridized carbons (Fsp3) is 0.571. The summed E-state index contributed by atoms with van der Waals surface area (Å²) < 4.78 is 0. The number of rotatable bonds is 4. The molecule has 2 rings (SSSR count). The zero-order valence-corrected chi connectivity index (χ0v) is 11.6. The molecule has 1 saturated carbocycles. The van der Waals surface area contributed by atoms with Gasteiger partial charge in [-0.2, -0.15) is 0 Å². The van der Waals surface area contributed by atoms with Crippen LogP contribution in [0.4, 0.5) is 0 Å². The summed E-state index contributed by atoms with van der Waals surface area (Å²) in [6.45, 7) is 2.24. The SMILES string of the molecule is CC1CCCCC1NC(=O)CSc1ccncc1. The fourth-order valence-electron chi connectivity index (χ4n) is 2.36. The molecule has 1 heterocycles. The van der Waals surface area contributed by atoms with E-state index in [1.807, 2.05) is 12.1 Å². The average Bonchev–Trinajstić information content (AvgIpc) is 2.40. The lowest BCUT2D eigenvalue weighted by Crippen LogP contribution is -2.41. The second kappa shape index (κ2) is 6.78. The first-order valence-corrected chi connectivity index (χ1v) is 7.56. The highest BCUT2D eigenvalue weighted by Crippen LogP contribution is 2.24. The van der Waals surface area contributed by atoms with Crippen molar-refractivity contribution in [2.45, 2.75) is 43.5 Å². The molecule has 0 bridgehead atoms. The van der Waals surface area contributed by atoms with Crippen LogP contribution in [0.5, 0.6) is 0 Å². The van der Waals surface area contributed by atoms with Crippen molar-refractivity contribution in [2.75, 3.05) is 5.75 Å². The van der Waals surface area contributed by atoms with Gasteiger partial charge in [0.2, 0.25) is 5.91 Å². The van der Waals surface area contributed by atoms with Crippen LogP contribution in [0.2, 0.25) is 0 Å². The molecule has 98 valence electrons. The summed E-state index contributed by atoms with van der Waals surface area (Å²) in [6, 6.07) is 4.24. The highest BCUT2D eigenvalue weighted by molar-refractivity contribution is 8.00. The number of nitrogens with one attached hydrogen (secondary N) is 1. The molecule has 1 N–H and O–H groups in total. The molecule has 0 radical (unpaired) electrons. The third kappa shape index (κ3) is 4.02. The number of carbonyl (C=O) groups excluding carboxylic acids is 1. The quantitative estimate of drug-likeness (QED) is 0.850. The Hall–Kier alpha value is -1.03. The summed E-state index contributed by atoms with van der Waals surface area (Å²) in [6.07, 6.45) is 8.42. The molecule has 0 saturated heterocycles. The molecular weight excluding hydrogens is 244 g/mol. The Kier molecular flexibility index (Phi) is 5.05. The van der Waals surface area contributed by atoms with E-state index in [1.54, 1.807) is 24.2 Å². The summed E-state index contributed by atoms with van der Waals surface area (Å²) in [7, 11) is 0. The summed E-state index contributed by atoms with van der Waals surface area (Å²) in [5.41, 5.74) is 0. The minimum atomic E-state index is 0.149. The van der Waals surface area contributed by atoms with Gasteiger partial charge in [0.15, 0.2) is 0 Å². The molecule has 1 amide bonds. The maximum absolute atomic E-state index is 11.9. The van der Waals surface area contributed by atoms with Crippen LogP contribution in [-0.2, 0) is 4.79 Å². The third-order valence-electron chi connectivity index (χ3n) is 3.48. The van der Waals surface area contributed by atoms with Crippen LogP contribution >= 0.6 is 11.8 Å². The predicted octanol–water partition coefficient (Wildman–Crippen LogP) is 2.87. The molecule has 2 atom stereocenters. The van der Waals surface area contributed by atoms with Crippen molar-refractivity contribution in [3.63, 3.8) is 0 Å². The van der Waals surface area contributed by atoms with Gasteiger partial charge in [0.05, 0.1) is 5.75 Å². The number of nitrogens with zero attached hydrogens (tertiary/aromatic N) is 1. The van der Waals surface area contributed by atoms with Crippen molar-refractivity contribution in [2.24, 2.45) is 5.92 Å². The average molecular weight is 264 g/mol. The summed E-state index contributed by atoms with van der Waals surface area (Å²) in [5.74, 6) is 1.26. The predicted molar refractivity (Wildman–Crippen MR) is 74.5 cm³/mol. The number of aromatic nitrogens is 1. The highest BCUT2D eigenvalue weighted by Gasteiger charge is 2.22. The third-order valence-corrected chi connectivity index (χ3v) is 4.49. The van der Waals surface area contributed by atoms with Gasteiger partial charge in [-0.15, -0.1) is 11.8 Å². The molecule has 0 spiro atoms. The van der Waals surface area contributed by atoms with Gasteiger partial charge in [-0.25, -0.2) is 0 Å². The van der Waals surface area contributed by atoms with Crippen LogP contribution in [0.1, 0.15) is 32.6 Å². The summed E-state index contributed by atoms with van der Waals surface area (Å²) >= 11 is 1.57. The lowest BCUT2D eigenvalue weighted by atomic mass is 9.86. The number of hydrogen-bond acceptors (Lipinski definition) is 3. The van der Waals surface area contributed by atoms with Gasteiger partial charge in [0, 0.05) is 23.3 Å². The Labute approximate surface area is 113 Å². The lowest BCUT2D eigenvalue weighted by Gasteiger charge is -2.29. The maximum Gasteiger partial charge on any atom is 0.230 e. The maximum atomic E-state index is 11.9. The van der Waals surface area contributed by atoms with Crippen LogP contribution < -0.4 is 5.32 Å². The Bertz CT molecular complexity index is 383. The van der Waals surface area contributed by atoms with Crippen molar-refractivity contribution >= 4 is 17.7 Å². The van der Waals surface area contributed by atoms with Crippen molar-refractivity contribution in [3.8, 4) is 0 Å². The summed E-state index contributed by atoms with van der Waals surface area (Å²) in [4.78, 5) is 16.9. The smallest absolute Gasteiger partial charge is 0.230 e. The van der Waals surface area contributed by atoms with E-state index >= 15 is 0 Å². The molecular formula is C14H20N2OS. The second-order valence-electron chi connectivity index (χ2n) is 4.91. The number of hydrogen-bond donors (Lipinski definition) is 1. The van der Waals surface area contributed by atoms with Gasteiger partial charge < -0.3 is 5.32 Å². The van der Waals surface area contributed by atoms with Gasteiger partial charge in [-0.3, -0.25) is 9.78 Å². The first-order chi connectivity index (χ1) is 8.75. The first kappa shape index (κ1) is 13.4. The molecule has 18 heavy (non-hydrogen) atoms. The highest BCUT2D eigenvalue weighted by atomic mass is 32.2. The van der Waals surface area contributed by atoms with E-state index < -0.39 is 0 Å². The molecule has 2 unspecified atom stereocenters. The molecule has 0 aromatic carbocycles. The lowest BCUT2D eigenvalue weighted by molar-refractivity contribution is -0.119. The largest absolute Gasteiger partial charge is 0.352 e.